The number of benzene rings is 2. The number of rotatable bonds is 9. The van der Waals surface area contributed by atoms with Gasteiger partial charge in [0, 0.05) is 19.6 Å². The average Bonchev–Trinajstić information content (AvgIpc) is 2.93. The van der Waals surface area contributed by atoms with Gasteiger partial charge in [-0.25, -0.2) is 14.4 Å². The molecule has 1 aliphatic heterocycles. The molecular formula is C27H32ClFN8O. The van der Waals surface area contributed by atoms with E-state index in [4.69, 9.17) is 23.1 Å². The first-order valence-corrected chi connectivity index (χ1v) is 12.9. The number of likely N-dealkylation sites (tertiary alicyclic amines) is 1. The fourth-order valence-electron chi connectivity index (χ4n) is 4.28. The summed E-state index contributed by atoms with van der Waals surface area (Å²) < 4.78 is 13.1. The van der Waals surface area contributed by atoms with E-state index in [0.29, 0.717) is 19.0 Å². The fourth-order valence-corrected chi connectivity index (χ4v) is 4.48. The first-order valence-electron chi connectivity index (χ1n) is 12.6. The molecule has 11 heteroatoms. The predicted octanol–water partition coefficient (Wildman–Crippen LogP) is 3.46. The number of aromatic nitrogens is 2. The Bertz CT molecular complexity index is 1250. The van der Waals surface area contributed by atoms with Gasteiger partial charge in [-0.15, -0.1) is 0 Å². The molecule has 6 N–H and O–H groups in total. The Kier molecular flexibility index (Phi) is 9.45. The van der Waals surface area contributed by atoms with Crippen molar-refractivity contribution < 1.29 is 9.18 Å². The van der Waals surface area contributed by atoms with Crippen molar-refractivity contribution >= 4 is 35.1 Å². The summed E-state index contributed by atoms with van der Waals surface area (Å²) in [6.07, 6.45) is 3.14. The smallest absolute Gasteiger partial charge is 0.302 e. The van der Waals surface area contributed by atoms with Crippen molar-refractivity contribution in [2.24, 2.45) is 16.6 Å². The number of hydrogen-bond donors (Lipinski definition) is 4. The number of halogens is 2. The lowest BCUT2D eigenvalue weighted by Crippen LogP contribution is -2.41. The van der Waals surface area contributed by atoms with Crippen LogP contribution in [-0.4, -0.2) is 52.9 Å². The number of carbonyl (C=O) groups excluding carboxylic acids is 1. The first-order chi connectivity index (χ1) is 18.4. The molecule has 0 aliphatic carbocycles. The number of nitrogens with one attached hydrogen (secondary N) is 2. The SMILES string of the molecule is N/C(=N\C(=O)c1nc(Cl)c(NCc2ccc(F)cc2)nc1N)NCC1CCN(CCc2ccccc2)CC1. The lowest BCUT2D eigenvalue weighted by Gasteiger charge is -2.32. The molecule has 200 valence electrons. The van der Waals surface area contributed by atoms with Gasteiger partial charge in [0.15, 0.2) is 28.4 Å². The first kappa shape index (κ1) is 27.3. The second-order valence-electron chi connectivity index (χ2n) is 9.28. The molecule has 0 radical (unpaired) electrons. The third-order valence-electron chi connectivity index (χ3n) is 6.52. The van der Waals surface area contributed by atoms with E-state index in [-0.39, 0.29) is 34.3 Å². The summed E-state index contributed by atoms with van der Waals surface area (Å²) in [5, 5.41) is 5.98. The molecule has 0 spiro atoms. The molecule has 2 heterocycles. The van der Waals surface area contributed by atoms with Crippen LogP contribution in [0.2, 0.25) is 5.15 Å². The van der Waals surface area contributed by atoms with E-state index in [2.05, 4.69) is 54.8 Å². The van der Waals surface area contributed by atoms with E-state index >= 15 is 0 Å². The van der Waals surface area contributed by atoms with Crippen molar-refractivity contribution in [1.82, 2.24) is 20.2 Å². The van der Waals surface area contributed by atoms with E-state index < -0.39 is 5.91 Å². The molecule has 1 amide bonds. The van der Waals surface area contributed by atoms with Gasteiger partial charge in [-0.1, -0.05) is 54.1 Å². The quantitative estimate of drug-likeness (QED) is 0.240. The molecule has 2 aromatic carbocycles. The minimum Gasteiger partial charge on any atom is -0.382 e. The maximum absolute atomic E-state index is 13.1. The van der Waals surface area contributed by atoms with Crippen molar-refractivity contribution in [2.45, 2.75) is 25.8 Å². The number of piperidine rings is 1. The standard InChI is InChI=1S/C27H32ClFN8O/c28-23-25(32-16-19-6-8-21(29)9-7-19)35-24(30)22(34-23)26(38)36-27(31)33-17-20-11-14-37(15-12-20)13-10-18-4-2-1-3-5-18/h1-9,20H,10-17H2,(H3,30,32,35)(H3,31,33,36,38). The van der Waals surface area contributed by atoms with Crippen molar-refractivity contribution in [3.63, 3.8) is 0 Å². The van der Waals surface area contributed by atoms with Gasteiger partial charge in [-0.05, 0) is 61.5 Å². The van der Waals surface area contributed by atoms with Gasteiger partial charge in [0.05, 0.1) is 0 Å². The molecule has 1 saturated heterocycles. The topological polar surface area (TPSA) is 135 Å². The zero-order chi connectivity index (χ0) is 26.9. The van der Waals surface area contributed by atoms with Crippen LogP contribution in [0, 0.1) is 11.7 Å². The molecule has 1 aliphatic rings. The predicted molar refractivity (Wildman–Crippen MR) is 148 cm³/mol. The van der Waals surface area contributed by atoms with Gasteiger partial charge in [0.25, 0.3) is 0 Å². The summed E-state index contributed by atoms with van der Waals surface area (Å²) in [4.78, 5) is 27.2. The monoisotopic (exact) mass is 538 g/mol. The van der Waals surface area contributed by atoms with Gasteiger partial charge in [-0.3, -0.25) is 4.79 Å². The molecule has 0 atom stereocenters. The Morgan fingerprint density at radius 3 is 2.50 bits per heavy atom. The lowest BCUT2D eigenvalue weighted by molar-refractivity contribution is 0.0998. The zero-order valence-corrected chi connectivity index (χ0v) is 21.8. The highest BCUT2D eigenvalue weighted by atomic mass is 35.5. The number of guanidine groups is 1. The Labute approximate surface area is 226 Å². The molecule has 0 bridgehead atoms. The minimum atomic E-state index is -0.734. The number of nitrogens with two attached hydrogens (primary N) is 2. The summed E-state index contributed by atoms with van der Waals surface area (Å²) >= 11 is 6.20. The molecule has 0 saturated carbocycles. The molecule has 3 aromatic rings. The largest absolute Gasteiger partial charge is 0.382 e. The number of anilines is 2. The Morgan fingerprint density at radius 2 is 1.79 bits per heavy atom. The fraction of sp³-hybridized carbons (Fsp3) is 0.333. The van der Waals surface area contributed by atoms with Gasteiger partial charge in [-0.2, -0.15) is 4.99 Å². The number of hydrogen-bond acceptors (Lipinski definition) is 6. The summed E-state index contributed by atoms with van der Waals surface area (Å²) in [5.41, 5.74) is 13.9. The molecule has 4 rings (SSSR count). The van der Waals surface area contributed by atoms with Crippen LogP contribution in [0.3, 0.4) is 0 Å². The molecule has 1 aromatic heterocycles. The third-order valence-corrected chi connectivity index (χ3v) is 6.78. The van der Waals surface area contributed by atoms with Crippen LogP contribution >= 0.6 is 11.6 Å². The number of amides is 1. The zero-order valence-electron chi connectivity index (χ0n) is 21.0. The highest BCUT2D eigenvalue weighted by Gasteiger charge is 2.20. The van der Waals surface area contributed by atoms with E-state index in [9.17, 15) is 9.18 Å². The summed E-state index contributed by atoms with van der Waals surface area (Å²) in [6, 6.07) is 16.5. The van der Waals surface area contributed by atoms with E-state index in [1.54, 1.807) is 12.1 Å². The van der Waals surface area contributed by atoms with Gasteiger partial charge >= 0.3 is 5.91 Å². The average molecular weight is 539 g/mol. The summed E-state index contributed by atoms with van der Waals surface area (Å²) in [6.45, 7) is 4.06. The van der Waals surface area contributed by atoms with Crippen molar-refractivity contribution in [1.29, 1.82) is 0 Å². The number of carbonyl (C=O) groups is 1. The second-order valence-corrected chi connectivity index (χ2v) is 9.64. The van der Waals surface area contributed by atoms with E-state index in [1.807, 2.05) is 6.07 Å². The van der Waals surface area contributed by atoms with Crippen LogP contribution in [-0.2, 0) is 13.0 Å². The molecule has 38 heavy (non-hydrogen) atoms. The summed E-state index contributed by atoms with van der Waals surface area (Å²) in [7, 11) is 0. The van der Waals surface area contributed by atoms with E-state index in [1.165, 1.54) is 17.7 Å². The molecule has 0 unspecified atom stereocenters. The normalized spacial score (nSPS) is 14.8. The molecule has 9 nitrogen and oxygen atoms in total. The van der Waals surface area contributed by atoms with Crippen LogP contribution in [0.5, 0.6) is 0 Å². The van der Waals surface area contributed by atoms with Crippen LogP contribution < -0.4 is 22.1 Å². The van der Waals surface area contributed by atoms with Gasteiger partial charge in [0.1, 0.15) is 5.82 Å². The maximum atomic E-state index is 13.1. The Hall–Kier alpha value is -3.76. The Balaban J connectivity index is 1.23. The van der Waals surface area contributed by atoms with Gasteiger partial charge in [0.2, 0.25) is 0 Å². The number of nitrogen functional groups attached to an aromatic ring is 1. The second kappa shape index (κ2) is 13.2. The van der Waals surface area contributed by atoms with Crippen molar-refractivity contribution in [2.75, 3.05) is 37.2 Å². The van der Waals surface area contributed by atoms with Crippen molar-refractivity contribution in [3.05, 3.63) is 82.4 Å². The van der Waals surface area contributed by atoms with Crippen LogP contribution in [0.15, 0.2) is 59.6 Å². The van der Waals surface area contributed by atoms with E-state index in [0.717, 1.165) is 44.5 Å². The highest BCUT2D eigenvalue weighted by molar-refractivity contribution is 6.32. The molecule has 1 fully saturated rings. The lowest BCUT2D eigenvalue weighted by atomic mass is 9.96. The third kappa shape index (κ3) is 7.87. The summed E-state index contributed by atoms with van der Waals surface area (Å²) in [5.74, 6) is -0.541. The minimum absolute atomic E-state index is 0.00246. The van der Waals surface area contributed by atoms with Gasteiger partial charge < -0.3 is 27.0 Å². The van der Waals surface area contributed by atoms with Crippen LogP contribution in [0.1, 0.15) is 34.5 Å². The number of nitrogens with zero attached hydrogens (tertiary/aromatic N) is 4. The van der Waals surface area contributed by atoms with Crippen LogP contribution in [0.4, 0.5) is 16.0 Å². The van der Waals surface area contributed by atoms with Crippen LogP contribution in [0.25, 0.3) is 0 Å². The number of aliphatic imine (C=N–C) groups is 1. The highest BCUT2D eigenvalue weighted by Crippen LogP contribution is 2.22. The molecular weight excluding hydrogens is 507 g/mol. The Morgan fingerprint density at radius 1 is 1.08 bits per heavy atom. The van der Waals surface area contributed by atoms with Crippen molar-refractivity contribution in [3.8, 4) is 0 Å². The maximum Gasteiger partial charge on any atom is 0.302 e.